The van der Waals surface area contributed by atoms with E-state index in [0.717, 1.165) is 26.5 Å². The van der Waals surface area contributed by atoms with Crippen molar-refractivity contribution in [2.75, 3.05) is 0 Å². The first kappa shape index (κ1) is 14.5. The highest BCUT2D eigenvalue weighted by Crippen LogP contribution is 2.17. The zero-order chi connectivity index (χ0) is 15.4. The Kier molecular flexibility index (Phi) is 4.34. The zero-order valence-corrected chi connectivity index (χ0v) is 13.3. The summed E-state index contributed by atoms with van der Waals surface area (Å²) in [5.74, 6) is -0.143. The highest BCUT2D eigenvalue weighted by atomic mass is 79.9. The summed E-state index contributed by atoms with van der Waals surface area (Å²) in [6, 6.07) is 15.6. The van der Waals surface area contributed by atoms with Gasteiger partial charge in [-0.2, -0.15) is 5.10 Å². The molecule has 22 heavy (non-hydrogen) atoms. The fraction of sp³-hybridized carbons (Fsp3) is 0.0588. The second-order valence-corrected chi connectivity index (χ2v) is 5.80. The Morgan fingerprint density at radius 2 is 2.09 bits per heavy atom. The standard InChI is InChI=1S/C17H14BrN3O/c18-14-5-3-4-12(8-14)10-20-21-17(22)9-13-11-19-16-7-2-1-6-15(13)16/h1-8,10-11,19H,9H2,(H,21,22)/b20-10-. The van der Waals surface area contributed by atoms with Crippen molar-refractivity contribution in [3.8, 4) is 0 Å². The summed E-state index contributed by atoms with van der Waals surface area (Å²) >= 11 is 3.39. The maximum absolute atomic E-state index is 12.0. The number of aromatic nitrogens is 1. The minimum absolute atomic E-state index is 0.143. The van der Waals surface area contributed by atoms with E-state index >= 15 is 0 Å². The third-order valence-electron chi connectivity index (χ3n) is 3.28. The van der Waals surface area contributed by atoms with Gasteiger partial charge in [-0.15, -0.1) is 0 Å². The van der Waals surface area contributed by atoms with Gasteiger partial charge in [0.1, 0.15) is 0 Å². The lowest BCUT2D eigenvalue weighted by Crippen LogP contribution is -2.19. The molecule has 3 aromatic rings. The number of carbonyl (C=O) groups excluding carboxylic acids is 1. The summed E-state index contributed by atoms with van der Waals surface area (Å²) in [5.41, 5.74) is 5.47. The molecule has 5 heteroatoms. The molecule has 0 bridgehead atoms. The van der Waals surface area contributed by atoms with Crippen LogP contribution in [0.1, 0.15) is 11.1 Å². The van der Waals surface area contributed by atoms with E-state index in [9.17, 15) is 4.79 Å². The molecule has 0 aliphatic heterocycles. The molecule has 1 heterocycles. The van der Waals surface area contributed by atoms with Crippen molar-refractivity contribution in [3.63, 3.8) is 0 Å². The van der Waals surface area contributed by atoms with Crippen molar-refractivity contribution in [1.29, 1.82) is 0 Å². The quantitative estimate of drug-likeness (QED) is 0.544. The molecular weight excluding hydrogens is 342 g/mol. The number of fused-ring (bicyclic) bond motifs is 1. The third-order valence-corrected chi connectivity index (χ3v) is 3.77. The van der Waals surface area contributed by atoms with Crippen LogP contribution in [0, 0.1) is 0 Å². The average molecular weight is 356 g/mol. The van der Waals surface area contributed by atoms with E-state index in [1.165, 1.54) is 0 Å². The van der Waals surface area contributed by atoms with Crippen LogP contribution in [0.5, 0.6) is 0 Å². The monoisotopic (exact) mass is 355 g/mol. The first-order chi connectivity index (χ1) is 10.7. The number of hydrazone groups is 1. The first-order valence-corrected chi connectivity index (χ1v) is 7.64. The summed E-state index contributed by atoms with van der Waals surface area (Å²) < 4.78 is 0.974. The number of rotatable bonds is 4. The van der Waals surface area contributed by atoms with Crippen molar-refractivity contribution < 1.29 is 4.79 Å². The molecule has 0 fully saturated rings. The van der Waals surface area contributed by atoms with Crippen LogP contribution in [0.25, 0.3) is 10.9 Å². The highest BCUT2D eigenvalue weighted by molar-refractivity contribution is 9.10. The summed E-state index contributed by atoms with van der Waals surface area (Å²) in [7, 11) is 0. The number of amides is 1. The molecular formula is C17H14BrN3O. The van der Waals surface area contributed by atoms with Crippen LogP contribution in [-0.2, 0) is 11.2 Å². The maximum atomic E-state index is 12.0. The third kappa shape index (κ3) is 3.43. The summed E-state index contributed by atoms with van der Waals surface area (Å²) in [5, 5.41) is 5.05. The van der Waals surface area contributed by atoms with Crippen molar-refractivity contribution in [1.82, 2.24) is 10.4 Å². The Labute approximate surface area is 136 Å². The number of nitrogens with one attached hydrogen (secondary N) is 2. The second-order valence-electron chi connectivity index (χ2n) is 4.88. The van der Waals surface area contributed by atoms with Gasteiger partial charge in [0.2, 0.25) is 5.91 Å². The molecule has 0 saturated carbocycles. The van der Waals surface area contributed by atoms with Gasteiger partial charge in [-0.3, -0.25) is 4.79 Å². The fourth-order valence-corrected chi connectivity index (χ4v) is 2.67. The number of hydrogen-bond donors (Lipinski definition) is 2. The van der Waals surface area contributed by atoms with E-state index in [1.807, 2.05) is 54.7 Å². The van der Waals surface area contributed by atoms with Crippen LogP contribution in [0.3, 0.4) is 0 Å². The predicted molar refractivity (Wildman–Crippen MR) is 91.9 cm³/mol. The smallest absolute Gasteiger partial charge is 0.244 e. The summed E-state index contributed by atoms with van der Waals surface area (Å²) in [6.45, 7) is 0. The predicted octanol–water partition coefficient (Wildman–Crippen LogP) is 3.62. The molecule has 2 N–H and O–H groups in total. The number of halogens is 1. The first-order valence-electron chi connectivity index (χ1n) is 6.85. The summed E-state index contributed by atoms with van der Waals surface area (Å²) in [6.07, 6.45) is 3.78. The van der Waals surface area contributed by atoms with Crippen molar-refractivity contribution in [2.24, 2.45) is 5.10 Å². The van der Waals surface area contributed by atoms with E-state index in [1.54, 1.807) is 6.21 Å². The van der Waals surface area contributed by atoms with Crippen LogP contribution in [-0.4, -0.2) is 17.1 Å². The lowest BCUT2D eigenvalue weighted by molar-refractivity contribution is -0.120. The van der Waals surface area contributed by atoms with Crippen LogP contribution >= 0.6 is 15.9 Å². The van der Waals surface area contributed by atoms with Gasteiger partial charge in [0.25, 0.3) is 0 Å². The molecule has 4 nitrogen and oxygen atoms in total. The molecule has 0 atom stereocenters. The molecule has 1 amide bonds. The molecule has 0 unspecified atom stereocenters. The van der Waals surface area contributed by atoms with E-state index in [2.05, 4.69) is 31.4 Å². The van der Waals surface area contributed by atoms with Gasteiger partial charge >= 0.3 is 0 Å². The molecule has 0 spiro atoms. The normalized spacial score (nSPS) is 11.1. The van der Waals surface area contributed by atoms with Crippen LogP contribution < -0.4 is 5.43 Å². The van der Waals surface area contributed by atoms with E-state index < -0.39 is 0 Å². The minimum atomic E-state index is -0.143. The summed E-state index contributed by atoms with van der Waals surface area (Å²) in [4.78, 5) is 15.1. The van der Waals surface area contributed by atoms with Crippen LogP contribution in [0.4, 0.5) is 0 Å². The molecule has 1 aromatic heterocycles. The number of aromatic amines is 1. The van der Waals surface area contributed by atoms with Crippen LogP contribution in [0.15, 0.2) is 64.3 Å². The Balaban J connectivity index is 1.63. The Morgan fingerprint density at radius 3 is 2.95 bits per heavy atom. The number of hydrogen-bond acceptors (Lipinski definition) is 2. The second kappa shape index (κ2) is 6.58. The fourth-order valence-electron chi connectivity index (χ4n) is 2.26. The Bertz CT molecular complexity index is 839. The number of carbonyl (C=O) groups is 1. The molecule has 110 valence electrons. The minimum Gasteiger partial charge on any atom is -0.361 e. The molecule has 0 aliphatic rings. The van der Waals surface area contributed by atoms with Gasteiger partial charge in [-0.25, -0.2) is 5.43 Å². The van der Waals surface area contributed by atoms with Crippen molar-refractivity contribution in [3.05, 3.63) is 70.3 Å². The van der Waals surface area contributed by atoms with E-state index in [-0.39, 0.29) is 5.91 Å². The van der Waals surface area contributed by atoms with Gasteiger partial charge in [0.05, 0.1) is 12.6 Å². The topological polar surface area (TPSA) is 57.2 Å². The number of H-pyrrole nitrogens is 1. The number of para-hydroxylation sites is 1. The molecule has 2 aromatic carbocycles. The molecule has 0 aliphatic carbocycles. The zero-order valence-electron chi connectivity index (χ0n) is 11.7. The van der Waals surface area contributed by atoms with Crippen molar-refractivity contribution >= 4 is 39.0 Å². The largest absolute Gasteiger partial charge is 0.361 e. The van der Waals surface area contributed by atoms with Gasteiger partial charge in [0.15, 0.2) is 0 Å². The van der Waals surface area contributed by atoms with Crippen molar-refractivity contribution in [2.45, 2.75) is 6.42 Å². The molecule has 0 saturated heterocycles. The average Bonchev–Trinajstić information content (AvgIpc) is 2.91. The lowest BCUT2D eigenvalue weighted by atomic mass is 10.1. The molecule has 0 radical (unpaired) electrons. The van der Waals surface area contributed by atoms with Gasteiger partial charge in [-0.1, -0.05) is 46.3 Å². The Morgan fingerprint density at radius 1 is 1.23 bits per heavy atom. The number of benzene rings is 2. The van der Waals surface area contributed by atoms with Gasteiger partial charge in [-0.05, 0) is 29.3 Å². The number of nitrogens with zero attached hydrogens (tertiary/aromatic N) is 1. The van der Waals surface area contributed by atoms with Crippen LogP contribution in [0.2, 0.25) is 0 Å². The van der Waals surface area contributed by atoms with Gasteiger partial charge < -0.3 is 4.98 Å². The maximum Gasteiger partial charge on any atom is 0.244 e. The SMILES string of the molecule is O=C(Cc1c[nH]c2ccccc12)N/N=C\c1cccc(Br)c1. The van der Waals surface area contributed by atoms with Gasteiger partial charge in [0, 0.05) is 21.6 Å². The Hall–Kier alpha value is -2.40. The molecule has 3 rings (SSSR count). The lowest BCUT2D eigenvalue weighted by Gasteiger charge is -1.99. The van der Waals surface area contributed by atoms with E-state index in [0.29, 0.717) is 6.42 Å². The highest BCUT2D eigenvalue weighted by Gasteiger charge is 2.07. The van der Waals surface area contributed by atoms with E-state index in [4.69, 9.17) is 0 Å².